The van der Waals surface area contributed by atoms with Gasteiger partial charge in [0.05, 0.1) is 0 Å². The van der Waals surface area contributed by atoms with E-state index in [0.717, 1.165) is 18.8 Å². The number of rotatable bonds is 5. The number of urea groups is 1. The molecule has 6 nitrogen and oxygen atoms in total. The molecule has 2 aromatic carbocycles. The lowest BCUT2D eigenvalue weighted by atomic mass is 10.0. The van der Waals surface area contributed by atoms with Crippen molar-refractivity contribution >= 4 is 34.9 Å². The average Bonchev–Trinajstić information content (AvgIpc) is 2.74. The van der Waals surface area contributed by atoms with Crippen LogP contribution in [0.15, 0.2) is 48.5 Å². The van der Waals surface area contributed by atoms with Gasteiger partial charge in [-0.25, -0.2) is 4.79 Å². The number of amides is 3. The molecule has 3 rings (SSSR count). The Labute approximate surface area is 183 Å². The Morgan fingerprint density at radius 3 is 2.30 bits per heavy atom. The fourth-order valence-corrected chi connectivity index (χ4v) is 3.80. The normalized spacial score (nSPS) is 15.1. The molecule has 0 aliphatic carbocycles. The Morgan fingerprint density at radius 2 is 1.67 bits per heavy atom. The molecule has 0 unspecified atom stereocenters. The third kappa shape index (κ3) is 5.45. The van der Waals surface area contributed by atoms with E-state index in [1.54, 1.807) is 0 Å². The summed E-state index contributed by atoms with van der Waals surface area (Å²) in [6.45, 7) is 8.62. The number of para-hydroxylation sites is 1. The molecule has 1 aliphatic rings. The van der Waals surface area contributed by atoms with Gasteiger partial charge in [0.15, 0.2) is 0 Å². The second kappa shape index (κ2) is 9.85. The summed E-state index contributed by atoms with van der Waals surface area (Å²) in [5.74, 6) is -0.0668. The molecule has 1 atom stereocenters. The van der Waals surface area contributed by atoms with Gasteiger partial charge in [0.2, 0.25) is 5.91 Å². The highest BCUT2D eigenvalue weighted by molar-refractivity contribution is 6.30. The Morgan fingerprint density at radius 1 is 1.00 bits per heavy atom. The topological polar surface area (TPSA) is 64.7 Å². The third-order valence-electron chi connectivity index (χ3n) is 5.35. The molecule has 0 radical (unpaired) electrons. The van der Waals surface area contributed by atoms with Crippen molar-refractivity contribution in [3.63, 3.8) is 0 Å². The lowest BCUT2D eigenvalue weighted by molar-refractivity contribution is -0.134. The molecule has 2 N–H and O–H groups in total. The van der Waals surface area contributed by atoms with Crippen molar-refractivity contribution < 1.29 is 9.59 Å². The molecule has 1 heterocycles. The number of hydrogen-bond acceptors (Lipinski definition) is 3. The molecule has 2 aromatic rings. The van der Waals surface area contributed by atoms with E-state index in [2.05, 4.69) is 22.5 Å². The van der Waals surface area contributed by atoms with E-state index < -0.39 is 6.04 Å². The second-order valence-corrected chi connectivity index (χ2v) is 8.37. The monoisotopic (exact) mass is 428 g/mol. The quantitative estimate of drug-likeness (QED) is 0.752. The number of nitrogens with zero attached hydrogens (tertiary/aromatic N) is 2. The van der Waals surface area contributed by atoms with Crippen LogP contribution >= 0.6 is 11.6 Å². The van der Waals surface area contributed by atoms with Crippen LogP contribution in [0.1, 0.15) is 19.4 Å². The predicted octanol–water partition coefficient (Wildman–Crippen LogP) is 4.14. The summed E-state index contributed by atoms with van der Waals surface area (Å²) in [7, 11) is 0. The highest BCUT2D eigenvalue weighted by Crippen LogP contribution is 2.25. The van der Waals surface area contributed by atoms with Gasteiger partial charge in [-0.3, -0.25) is 4.79 Å². The fourth-order valence-electron chi connectivity index (χ4n) is 3.63. The van der Waals surface area contributed by atoms with E-state index in [-0.39, 0.29) is 17.9 Å². The lowest BCUT2D eigenvalue weighted by Crippen LogP contribution is -2.57. The van der Waals surface area contributed by atoms with Gasteiger partial charge < -0.3 is 20.4 Å². The van der Waals surface area contributed by atoms with Crippen molar-refractivity contribution in [2.24, 2.45) is 5.92 Å². The molecule has 0 spiro atoms. The minimum atomic E-state index is -0.576. The first-order valence-corrected chi connectivity index (χ1v) is 10.7. The number of anilines is 2. The number of nitrogens with one attached hydrogen (secondary N) is 2. The summed E-state index contributed by atoms with van der Waals surface area (Å²) in [4.78, 5) is 29.6. The Hall–Kier alpha value is -2.73. The van der Waals surface area contributed by atoms with Crippen molar-refractivity contribution in [1.82, 2.24) is 10.2 Å². The first-order chi connectivity index (χ1) is 14.3. The van der Waals surface area contributed by atoms with Gasteiger partial charge in [0.25, 0.3) is 0 Å². The van der Waals surface area contributed by atoms with Crippen LogP contribution < -0.4 is 15.5 Å². The summed E-state index contributed by atoms with van der Waals surface area (Å²) in [6, 6.07) is 14.1. The SMILES string of the molecule is Cc1ccc(Cl)cc1N1CCN(C(=O)[C@@H](NC(=O)Nc2ccccc2)C(C)C)CC1. The first-order valence-electron chi connectivity index (χ1n) is 10.3. The predicted molar refractivity (Wildman–Crippen MR) is 122 cm³/mol. The summed E-state index contributed by atoms with van der Waals surface area (Å²) < 4.78 is 0. The van der Waals surface area contributed by atoms with Crippen molar-refractivity contribution in [3.8, 4) is 0 Å². The third-order valence-corrected chi connectivity index (χ3v) is 5.59. The molecule has 160 valence electrons. The van der Waals surface area contributed by atoms with Crippen molar-refractivity contribution in [2.45, 2.75) is 26.8 Å². The van der Waals surface area contributed by atoms with Crippen molar-refractivity contribution in [1.29, 1.82) is 0 Å². The Bertz CT molecular complexity index is 880. The number of hydrogen-bond donors (Lipinski definition) is 2. The van der Waals surface area contributed by atoms with E-state index in [4.69, 9.17) is 11.6 Å². The number of benzene rings is 2. The zero-order chi connectivity index (χ0) is 21.7. The maximum absolute atomic E-state index is 13.1. The van der Waals surface area contributed by atoms with E-state index in [0.29, 0.717) is 23.8 Å². The van der Waals surface area contributed by atoms with Gasteiger partial charge in [-0.05, 0) is 42.7 Å². The number of carbonyl (C=O) groups is 2. The standard InChI is InChI=1S/C23H29ClN4O2/c1-16(2)21(26-23(30)25-19-7-5-4-6-8-19)22(29)28-13-11-27(12-14-28)20-15-18(24)10-9-17(20)3/h4-10,15-16,21H,11-14H2,1-3H3,(H2,25,26,30)/t21-/m0/s1. The number of carbonyl (C=O) groups excluding carboxylic acids is 2. The van der Waals surface area contributed by atoms with E-state index >= 15 is 0 Å². The van der Waals surface area contributed by atoms with Crippen LogP contribution in [0, 0.1) is 12.8 Å². The van der Waals surface area contributed by atoms with Gasteiger partial charge in [0, 0.05) is 42.6 Å². The Kier molecular flexibility index (Phi) is 7.21. The molecular weight excluding hydrogens is 400 g/mol. The molecular formula is C23H29ClN4O2. The molecule has 1 aliphatic heterocycles. The van der Waals surface area contributed by atoms with E-state index in [1.807, 2.05) is 67.3 Å². The molecule has 1 fully saturated rings. The first kappa shape index (κ1) is 22.0. The Balaban J connectivity index is 1.60. The summed E-state index contributed by atoms with van der Waals surface area (Å²) >= 11 is 6.16. The largest absolute Gasteiger partial charge is 0.368 e. The van der Waals surface area contributed by atoms with Crippen LogP contribution in [0.3, 0.4) is 0 Å². The van der Waals surface area contributed by atoms with Crippen LogP contribution in [-0.4, -0.2) is 49.1 Å². The summed E-state index contributed by atoms with van der Waals surface area (Å²) in [6.07, 6.45) is 0. The van der Waals surface area contributed by atoms with Gasteiger partial charge in [-0.1, -0.05) is 49.7 Å². The molecule has 3 amide bonds. The highest BCUT2D eigenvalue weighted by atomic mass is 35.5. The maximum atomic E-state index is 13.1. The summed E-state index contributed by atoms with van der Waals surface area (Å²) in [5, 5.41) is 6.34. The van der Waals surface area contributed by atoms with E-state index in [9.17, 15) is 9.59 Å². The highest BCUT2D eigenvalue weighted by Gasteiger charge is 2.31. The van der Waals surface area contributed by atoms with Crippen LogP contribution in [0.5, 0.6) is 0 Å². The molecule has 30 heavy (non-hydrogen) atoms. The average molecular weight is 429 g/mol. The summed E-state index contributed by atoms with van der Waals surface area (Å²) in [5.41, 5.74) is 2.96. The molecule has 0 bridgehead atoms. The van der Waals surface area contributed by atoms with Crippen LogP contribution in [-0.2, 0) is 4.79 Å². The number of halogens is 1. The number of piperazine rings is 1. The smallest absolute Gasteiger partial charge is 0.319 e. The molecule has 0 saturated carbocycles. The minimum Gasteiger partial charge on any atom is -0.368 e. The van der Waals surface area contributed by atoms with Gasteiger partial charge in [-0.2, -0.15) is 0 Å². The van der Waals surface area contributed by atoms with Crippen LogP contribution in [0.25, 0.3) is 0 Å². The van der Waals surface area contributed by atoms with Crippen LogP contribution in [0.2, 0.25) is 5.02 Å². The molecule has 0 aromatic heterocycles. The van der Waals surface area contributed by atoms with Crippen molar-refractivity contribution in [2.75, 3.05) is 36.4 Å². The molecule has 7 heteroatoms. The second-order valence-electron chi connectivity index (χ2n) is 7.93. The van der Waals surface area contributed by atoms with Gasteiger partial charge in [0.1, 0.15) is 6.04 Å². The lowest BCUT2D eigenvalue weighted by Gasteiger charge is -2.38. The van der Waals surface area contributed by atoms with Crippen LogP contribution in [0.4, 0.5) is 16.2 Å². The van der Waals surface area contributed by atoms with Gasteiger partial charge in [-0.15, -0.1) is 0 Å². The molecule has 1 saturated heterocycles. The van der Waals surface area contributed by atoms with Gasteiger partial charge >= 0.3 is 6.03 Å². The van der Waals surface area contributed by atoms with Crippen molar-refractivity contribution in [3.05, 3.63) is 59.1 Å². The fraction of sp³-hybridized carbons (Fsp3) is 0.391. The zero-order valence-corrected chi connectivity index (χ0v) is 18.4. The minimum absolute atomic E-state index is 0.0211. The number of aryl methyl sites for hydroxylation is 1. The zero-order valence-electron chi connectivity index (χ0n) is 17.7. The maximum Gasteiger partial charge on any atom is 0.319 e. The van der Waals surface area contributed by atoms with E-state index in [1.165, 1.54) is 5.56 Å².